The molecule has 0 heterocycles. The first kappa shape index (κ1) is 22.8. The number of rotatable bonds is 12. The quantitative estimate of drug-likeness (QED) is 0.500. The highest BCUT2D eigenvalue weighted by molar-refractivity contribution is 5.94. The number of hydrogen-bond donors (Lipinski definition) is 0. The van der Waals surface area contributed by atoms with Crippen LogP contribution in [-0.4, -0.2) is 37.7 Å². The van der Waals surface area contributed by atoms with Crippen LogP contribution in [0.5, 0.6) is 11.5 Å². The topological polar surface area (TPSA) is 48.0 Å². The van der Waals surface area contributed by atoms with E-state index in [0.29, 0.717) is 38.5 Å². The summed E-state index contributed by atoms with van der Waals surface area (Å²) in [6.45, 7) is 9.02. The Labute approximate surface area is 174 Å². The summed E-state index contributed by atoms with van der Waals surface area (Å²) in [7, 11) is 1.65. The number of benzene rings is 2. The van der Waals surface area contributed by atoms with Crippen molar-refractivity contribution >= 4 is 5.91 Å². The molecule has 0 radical (unpaired) electrons. The fraction of sp³-hybridized carbons (Fsp3) is 0.458. The van der Waals surface area contributed by atoms with Gasteiger partial charge in [-0.25, -0.2) is 0 Å². The van der Waals surface area contributed by atoms with Gasteiger partial charge in [-0.05, 0) is 55.2 Å². The molecule has 0 unspecified atom stereocenters. The van der Waals surface area contributed by atoms with E-state index in [1.54, 1.807) is 7.11 Å². The van der Waals surface area contributed by atoms with E-state index in [-0.39, 0.29) is 5.91 Å². The molecule has 0 N–H and O–H groups in total. The van der Waals surface area contributed by atoms with E-state index in [1.165, 1.54) is 0 Å². The fourth-order valence-electron chi connectivity index (χ4n) is 3.14. The van der Waals surface area contributed by atoms with Gasteiger partial charge in [0.15, 0.2) is 11.5 Å². The molecule has 2 aromatic rings. The van der Waals surface area contributed by atoms with E-state index in [0.717, 1.165) is 35.5 Å². The van der Waals surface area contributed by atoms with Gasteiger partial charge in [-0.3, -0.25) is 4.79 Å². The highest BCUT2D eigenvalue weighted by Crippen LogP contribution is 2.29. The highest BCUT2D eigenvalue weighted by atomic mass is 16.5. The van der Waals surface area contributed by atoms with Crippen molar-refractivity contribution in [1.29, 1.82) is 0 Å². The minimum atomic E-state index is 0.0223. The smallest absolute Gasteiger partial charge is 0.254 e. The summed E-state index contributed by atoms with van der Waals surface area (Å²) in [4.78, 5) is 15.0. The lowest BCUT2D eigenvalue weighted by Gasteiger charge is -2.23. The van der Waals surface area contributed by atoms with Gasteiger partial charge in [0.05, 0.1) is 19.8 Å². The third-order valence-corrected chi connectivity index (χ3v) is 4.41. The molecule has 0 bridgehead atoms. The van der Waals surface area contributed by atoms with Gasteiger partial charge < -0.3 is 19.1 Å². The molecule has 0 fully saturated rings. The van der Waals surface area contributed by atoms with Crippen molar-refractivity contribution in [1.82, 2.24) is 4.90 Å². The molecule has 5 nitrogen and oxygen atoms in total. The number of hydrogen-bond acceptors (Lipinski definition) is 4. The second-order valence-corrected chi connectivity index (χ2v) is 6.92. The lowest BCUT2D eigenvalue weighted by molar-refractivity contribution is 0.0742. The summed E-state index contributed by atoms with van der Waals surface area (Å²) in [6.07, 6.45) is 1.83. The maximum Gasteiger partial charge on any atom is 0.254 e. The van der Waals surface area contributed by atoms with Crippen LogP contribution in [0.2, 0.25) is 0 Å². The van der Waals surface area contributed by atoms with Crippen LogP contribution in [0.3, 0.4) is 0 Å². The minimum absolute atomic E-state index is 0.0223. The second-order valence-electron chi connectivity index (χ2n) is 6.92. The maximum absolute atomic E-state index is 13.1. The molecule has 0 atom stereocenters. The van der Waals surface area contributed by atoms with Crippen LogP contribution in [0, 0.1) is 0 Å². The van der Waals surface area contributed by atoms with Crippen molar-refractivity contribution in [3.05, 3.63) is 59.2 Å². The van der Waals surface area contributed by atoms with E-state index in [1.807, 2.05) is 54.3 Å². The predicted molar refractivity (Wildman–Crippen MR) is 116 cm³/mol. The van der Waals surface area contributed by atoms with Crippen LogP contribution in [0.25, 0.3) is 0 Å². The summed E-state index contributed by atoms with van der Waals surface area (Å²) >= 11 is 0. The molecule has 0 aliphatic carbocycles. The minimum Gasteiger partial charge on any atom is -0.490 e. The maximum atomic E-state index is 13.1. The van der Waals surface area contributed by atoms with Crippen molar-refractivity contribution < 1.29 is 19.0 Å². The zero-order valence-corrected chi connectivity index (χ0v) is 18.1. The largest absolute Gasteiger partial charge is 0.490 e. The molecule has 0 aliphatic rings. The van der Waals surface area contributed by atoms with Crippen LogP contribution in [0.4, 0.5) is 0 Å². The molecular weight excluding hydrogens is 366 g/mol. The Balaban J connectivity index is 2.21. The van der Waals surface area contributed by atoms with E-state index in [9.17, 15) is 4.79 Å². The van der Waals surface area contributed by atoms with Crippen LogP contribution in [0.15, 0.2) is 42.5 Å². The Morgan fingerprint density at radius 1 is 0.931 bits per heavy atom. The number of ether oxygens (including phenoxy) is 3. The van der Waals surface area contributed by atoms with Crippen molar-refractivity contribution in [3.63, 3.8) is 0 Å². The summed E-state index contributed by atoms with van der Waals surface area (Å²) in [5.74, 6) is 1.50. The predicted octanol–water partition coefficient (Wildman–Crippen LogP) is 5.07. The first-order valence-corrected chi connectivity index (χ1v) is 10.4. The van der Waals surface area contributed by atoms with Gasteiger partial charge in [0, 0.05) is 25.8 Å². The van der Waals surface area contributed by atoms with E-state index in [2.05, 4.69) is 13.8 Å². The number of amides is 1. The van der Waals surface area contributed by atoms with E-state index in [4.69, 9.17) is 14.2 Å². The van der Waals surface area contributed by atoms with Crippen LogP contribution >= 0.6 is 0 Å². The molecule has 2 aromatic carbocycles. The standard InChI is InChI=1S/C24H33NO4/c1-5-13-25(24(26)21-10-8-9-20(15-21)18-27-4)17-19-11-12-22(29-14-6-2)23(16-19)28-7-3/h8-12,15-16H,5-7,13-14,17-18H2,1-4H3. The summed E-state index contributed by atoms with van der Waals surface area (Å²) in [5, 5.41) is 0. The monoisotopic (exact) mass is 399 g/mol. The van der Waals surface area contributed by atoms with Gasteiger partial charge in [0.2, 0.25) is 0 Å². The first-order valence-electron chi connectivity index (χ1n) is 10.4. The number of nitrogens with zero attached hydrogens (tertiary/aromatic N) is 1. The fourth-order valence-corrected chi connectivity index (χ4v) is 3.14. The summed E-state index contributed by atoms with van der Waals surface area (Å²) in [5.41, 5.74) is 2.69. The summed E-state index contributed by atoms with van der Waals surface area (Å²) in [6, 6.07) is 13.5. The van der Waals surface area contributed by atoms with Crippen molar-refractivity contribution in [2.75, 3.05) is 26.9 Å². The van der Waals surface area contributed by atoms with Gasteiger partial charge in [0.1, 0.15) is 0 Å². The zero-order chi connectivity index (χ0) is 21.1. The molecule has 2 rings (SSSR count). The second kappa shape index (κ2) is 12.1. The lowest BCUT2D eigenvalue weighted by atomic mass is 10.1. The molecule has 0 spiro atoms. The SMILES string of the molecule is CCCOc1ccc(CN(CCC)C(=O)c2cccc(COC)c2)cc1OCC. The Morgan fingerprint density at radius 2 is 1.76 bits per heavy atom. The normalized spacial score (nSPS) is 10.6. The molecule has 0 saturated carbocycles. The van der Waals surface area contributed by atoms with Crippen molar-refractivity contribution in [2.24, 2.45) is 0 Å². The Hall–Kier alpha value is -2.53. The van der Waals surface area contributed by atoms with E-state index >= 15 is 0 Å². The van der Waals surface area contributed by atoms with Crippen molar-refractivity contribution in [3.8, 4) is 11.5 Å². The molecule has 5 heteroatoms. The van der Waals surface area contributed by atoms with Crippen molar-refractivity contribution in [2.45, 2.75) is 46.8 Å². The van der Waals surface area contributed by atoms with Crippen LogP contribution in [-0.2, 0) is 17.9 Å². The third-order valence-electron chi connectivity index (χ3n) is 4.41. The molecule has 0 aliphatic heterocycles. The molecule has 158 valence electrons. The zero-order valence-electron chi connectivity index (χ0n) is 18.1. The average Bonchev–Trinajstić information content (AvgIpc) is 2.73. The number of carbonyl (C=O) groups excluding carboxylic acids is 1. The van der Waals surface area contributed by atoms with Crippen LogP contribution < -0.4 is 9.47 Å². The Morgan fingerprint density at radius 3 is 2.45 bits per heavy atom. The molecule has 1 amide bonds. The number of carbonyl (C=O) groups is 1. The summed E-state index contributed by atoms with van der Waals surface area (Å²) < 4.78 is 16.7. The lowest BCUT2D eigenvalue weighted by Crippen LogP contribution is -2.31. The molecular formula is C24H33NO4. The van der Waals surface area contributed by atoms with Gasteiger partial charge >= 0.3 is 0 Å². The molecule has 0 saturated heterocycles. The Kier molecular flexibility index (Phi) is 9.51. The van der Waals surface area contributed by atoms with Gasteiger partial charge in [-0.15, -0.1) is 0 Å². The van der Waals surface area contributed by atoms with Gasteiger partial charge in [0.25, 0.3) is 5.91 Å². The van der Waals surface area contributed by atoms with Crippen LogP contribution in [0.1, 0.15) is 55.1 Å². The van der Waals surface area contributed by atoms with E-state index < -0.39 is 0 Å². The molecule has 0 aromatic heterocycles. The first-order chi connectivity index (χ1) is 14.1. The third kappa shape index (κ3) is 6.79. The van der Waals surface area contributed by atoms with Gasteiger partial charge in [-0.1, -0.05) is 32.0 Å². The highest BCUT2D eigenvalue weighted by Gasteiger charge is 2.17. The molecule has 29 heavy (non-hydrogen) atoms. The number of methoxy groups -OCH3 is 1. The van der Waals surface area contributed by atoms with Gasteiger partial charge in [-0.2, -0.15) is 0 Å². The average molecular weight is 400 g/mol. The Bertz CT molecular complexity index is 775.